The SMILES string of the molecule is O=[P+](Oc1ccccc1)Oc1ccccc1.[Nd]. The standard InChI is InChI=1S/C12H10O3P.Nd/c13-16(14-11-7-3-1-4-8-11)15-12-9-5-2-6-10-12;/h1-10H;/q+1;. The Morgan fingerprint density at radius 3 is 1.41 bits per heavy atom. The van der Waals surface area contributed by atoms with Gasteiger partial charge in [0.05, 0.1) is 0 Å². The fourth-order valence-electron chi connectivity index (χ4n) is 1.15. The Hall–Kier alpha value is -0.509. The van der Waals surface area contributed by atoms with Crippen molar-refractivity contribution in [3.63, 3.8) is 0 Å². The van der Waals surface area contributed by atoms with Crippen LogP contribution in [0.15, 0.2) is 60.7 Å². The maximum absolute atomic E-state index is 11.5. The molecule has 0 aliphatic carbocycles. The van der Waals surface area contributed by atoms with Crippen LogP contribution < -0.4 is 9.05 Å². The summed E-state index contributed by atoms with van der Waals surface area (Å²) in [6.45, 7) is 0. The van der Waals surface area contributed by atoms with E-state index >= 15 is 0 Å². The van der Waals surface area contributed by atoms with Gasteiger partial charge in [0.1, 0.15) is 0 Å². The second-order valence-corrected chi connectivity index (χ2v) is 3.84. The summed E-state index contributed by atoms with van der Waals surface area (Å²) in [6, 6.07) is 17.8. The third-order valence-corrected chi connectivity index (χ3v) is 2.57. The first-order chi connectivity index (χ1) is 7.84. The summed E-state index contributed by atoms with van der Waals surface area (Å²) in [7, 11) is -2.18. The third-order valence-electron chi connectivity index (χ3n) is 1.85. The van der Waals surface area contributed by atoms with Crippen molar-refractivity contribution in [2.75, 3.05) is 0 Å². The van der Waals surface area contributed by atoms with Crippen molar-refractivity contribution < 1.29 is 54.5 Å². The Balaban J connectivity index is 0.00000144. The number of hydrogen-bond donors (Lipinski definition) is 0. The molecule has 2 aromatic carbocycles. The number of rotatable bonds is 4. The molecule has 17 heavy (non-hydrogen) atoms. The van der Waals surface area contributed by atoms with Gasteiger partial charge in [-0.25, -0.2) is 9.05 Å². The molecule has 5 heteroatoms. The summed E-state index contributed by atoms with van der Waals surface area (Å²) < 4.78 is 21.7. The van der Waals surface area contributed by atoms with E-state index in [0.29, 0.717) is 11.5 Å². The molecule has 0 spiro atoms. The summed E-state index contributed by atoms with van der Waals surface area (Å²) in [6.07, 6.45) is 0. The summed E-state index contributed by atoms with van der Waals surface area (Å²) >= 11 is 0. The minimum atomic E-state index is -2.18. The maximum Gasteiger partial charge on any atom is 0.805 e. The zero-order valence-electron chi connectivity index (χ0n) is 8.95. The summed E-state index contributed by atoms with van der Waals surface area (Å²) in [5.74, 6) is 1.05. The number of para-hydroxylation sites is 2. The smallest absolute Gasteiger partial charge is 0.222 e. The molecular weight excluding hydrogens is 367 g/mol. The van der Waals surface area contributed by atoms with E-state index in [1.807, 2.05) is 12.1 Å². The second kappa shape index (κ2) is 7.75. The van der Waals surface area contributed by atoms with Crippen LogP contribution in [-0.2, 0) is 4.57 Å². The Morgan fingerprint density at radius 2 is 1.06 bits per heavy atom. The van der Waals surface area contributed by atoms with Gasteiger partial charge in [-0.2, -0.15) is 0 Å². The topological polar surface area (TPSA) is 35.5 Å². The Kier molecular flexibility index (Phi) is 6.63. The fourth-order valence-corrected chi connectivity index (χ4v) is 1.78. The molecule has 84 valence electrons. The first-order valence-electron chi connectivity index (χ1n) is 4.78. The molecule has 0 aliphatic heterocycles. The number of benzene rings is 2. The van der Waals surface area contributed by atoms with Crippen LogP contribution in [0.5, 0.6) is 11.5 Å². The predicted molar refractivity (Wildman–Crippen MR) is 61.7 cm³/mol. The monoisotopic (exact) mass is 375 g/mol. The maximum atomic E-state index is 11.5. The molecule has 0 bridgehead atoms. The minimum absolute atomic E-state index is 0. The third kappa shape index (κ3) is 5.11. The predicted octanol–water partition coefficient (Wildman–Crippen LogP) is 3.80. The van der Waals surface area contributed by atoms with Crippen LogP contribution in [0.2, 0.25) is 0 Å². The van der Waals surface area contributed by atoms with Gasteiger partial charge >= 0.3 is 8.25 Å². The molecule has 0 saturated heterocycles. The van der Waals surface area contributed by atoms with Crippen molar-refractivity contribution in [3.05, 3.63) is 60.7 Å². The van der Waals surface area contributed by atoms with Crippen molar-refractivity contribution in [2.24, 2.45) is 0 Å². The van der Waals surface area contributed by atoms with Crippen LogP contribution in [0.1, 0.15) is 0 Å². The van der Waals surface area contributed by atoms with Crippen LogP contribution in [0.4, 0.5) is 0 Å². The van der Waals surface area contributed by atoms with Crippen LogP contribution in [0.3, 0.4) is 0 Å². The minimum Gasteiger partial charge on any atom is -0.222 e. The van der Waals surface area contributed by atoms with Crippen LogP contribution in [0, 0.1) is 40.8 Å². The Bertz CT molecular complexity index is 418. The van der Waals surface area contributed by atoms with Gasteiger partial charge in [-0.05, 0) is 24.3 Å². The molecule has 0 N–H and O–H groups in total. The molecule has 0 aliphatic rings. The first kappa shape index (κ1) is 14.6. The van der Waals surface area contributed by atoms with Crippen molar-refractivity contribution in [1.82, 2.24) is 0 Å². The quantitative estimate of drug-likeness (QED) is 0.761. The fraction of sp³-hybridized carbons (Fsp3) is 0. The van der Waals surface area contributed by atoms with E-state index in [-0.39, 0.29) is 40.8 Å². The van der Waals surface area contributed by atoms with E-state index in [1.165, 1.54) is 0 Å². The van der Waals surface area contributed by atoms with Gasteiger partial charge in [0.25, 0.3) is 0 Å². The van der Waals surface area contributed by atoms with Crippen LogP contribution in [0.25, 0.3) is 0 Å². The Morgan fingerprint density at radius 1 is 0.706 bits per heavy atom. The zero-order chi connectivity index (χ0) is 11.2. The molecule has 0 unspecified atom stereocenters. The molecule has 2 rings (SSSR count). The van der Waals surface area contributed by atoms with Crippen LogP contribution in [-0.4, -0.2) is 0 Å². The number of hydrogen-bond acceptors (Lipinski definition) is 3. The molecule has 3 nitrogen and oxygen atoms in total. The van der Waals surface area contributed by atoms with Crippen molar-refractivity contribution in [2.45, 2.75) is 0 Å². The molecule has 0 heterocycles. The van der Waals surface area contributed by atoms with Crippen molar-refractivity contribution >= 4 is 8.25 Å². The van der Waals surface area contributed by atoms with Crippen molar-refractivity contribution in [1.29, 1.82) is 0 Å². The normalized spacial score (nSPS) is 8.94. The zero-order valence-corrected chi connectivity index (χ0v) is 13.0. The molecule has 0 saturated carbocycles. The Labute approximate surface area is 134 Å². The average Bonchev–Trinajstić information content (AvgIpc) is 2.31. The van der Waals surface area contributed by atoms with E-state index in [2.05, 4.69) is 0 Å². The van der Waals surface area contributed by atoms with Gasteiger partial charge in [0.2, 0.25) is 0 Å². The molecular formula is C12H10NdO3P+. The summed E-state index contributed by atoms with van der Waals surface area (Å²) in [5, 5.41) is 0. The second-order valence-electron chi connectivity index (χ2n) is 3.03. The molecule has 0 amide bonds. The van der Waals surface area contributed by atoms with E-state index < -0.39 is 8.25 Å². The van der Waals surface area contributed by atoms with E-state index in [4.69, 9.17) is 9.05 Å². The van der Waals surface area contributed by atoms with Gasteiger partial charge in [-0.15, -0.1) is 0 Å². The van der Waals surface area contributed by atoms with E-state index in [9.17, 15) is 4.57 Å². The molecule has 0 aromatic heterocycles. The average molecular weight is 377 g/mol. The summed E-state index contributed by atoms with van der Waals surface area (Å²) in [5.41, 5.74) is 0. The molecule has 0 radical (unpaired) electrons. The molecule has 0 fully saturated rings. The van der Waals surface area contributed by atoms with Gasteiger partial charge in [0.15, 0.2) is 11.5 Å². The van der Waals surface area contributed by atoms with Gasteiger partial charge in [-0.3, -0.25) is 0 Å². The van der Waals surface area contributed by atoms with Crippen molar-refractivity contribution in [3.8, 4) is 11.5 Å². The van der Waals surface area contributed by atoms with Crippen LogP contribution >= 0.6 is 8.25 Å². The van der Waals surface area contributed by atoms with Gasteiger partial charge in [-0.1, -0.05) is 36.4 Å². The first-order valence-corrected chi connectivity index (χ1v) is 5.87. The van der Waals surface area contributed by atoms with E-state index in [0.717, 1.165) is 0 Å². The molecule has 0 atom stereocenters. The molecule has 2 aromatic rings. The van der Waals surface area contributed by atoms with E-state index in [1.54, 1.807) is 48.5 Å². The summed E-state index contributed by atoms with van der Waals surface area (Å²) in [4.78, 5) is 0. The largest absolute Gasteiger partial charge is 0.805 e. The van der Waals surface area contributed by atoms with Gasteiger partial charge in [0, 0.05) is 45.4 Å². The van der Waals surface area contributed by atoms with Gasteiger partial charge < -0.3 is 0 Å².